The van der Waals surface area contributed by atoms with E-state index in [1.54, 1.807) is 13.0 Å². The van der Waals surface area contributed by atoms with Gasteiger partial charge in [-0.3, -0.25) is 14.3 Å². The van der Waals surface area contributed by atoms with Crippen LogP contribution in [0.25, 0.3) is 0 Å². The minimum Gasteiger partial charge on any atom is -0.478 e. The van der Waals surface area contributed by atoms with E-state index < -0.39 is 5.97 Å². The largest absolute Gasteiger partial charge is 0.478 e. The SMILES string of the molecule is Cc1ncn(Cc2ccc(C(=O)O)cn2)c(=O)c1I. The molecular formula is C12H10IN3O3. The lowest BCUT2D eigenvalue weighted by atomic mass is 10.2. The van der Waals surface area contributed by atoms with Crippen molar-refractivity contribution in [3.63, 3.8) is 0 Å². The van der Waals surface area contributed by atoms with E-state index in [0.717, 1.165) is 0 Å². The molecule has 0 saturated heterocycles. The summed E-state index contributed by atoms with van der Waals surface area (Å²) in [6.45, 7) is 2.04. The van der Waals surface area contributed by atoms with E-state index in [-0.39, 0.29) is 17.7 Å². The van der Waals surface area contributed by atoms with Gasteiger partial charge in [0, 0.05) is 6.20 Å². The van der Waals surface area contributed by atoms with Crippen LogP contribution in [0.4, 0.5) is 0 Å². The van der Waals surface area contributed by atoms with E-state index in [4.69, 9.17) is 5.11 Å². The van der Waals surface area contributed by atoms with E-state index in [9.17, 15) is 9.59 Å². The van der Waals surface area contributed by atoms with Crippen LogP contribution in [0.2, 0.25) is 0 Å². The molecule has 0 aromatic carbocycles. The number of nitrogens with zero attached hydrogens (tertiary/aromatic N) is 3. The average Bonchev–Trinajstić information content (AvgIpc) is 2.40. The third-order valence-electron chi connectivity index (χ3n) is 2.56. The van der Waals surface area contributed by atoms with Crippen molar-refractivity contribution in [2.45, 2.75) is 13.5 Å². The molecule has 2 rings (SSSR count). The van der Waals surface area contributed by atoms with Crippen molar-refractivity contribution in [1.29, 1.82) is 0 Å². The van der Waals surface area contributed by atoms with Gasteiger partial charge in [-0.15, -0.1) is 0 Å². The number of hydrogen-bond acceptors (Lipinski definition) is 4. The Kier molecular flexibility index (Phi) is 3.93. The Balaban J connectivity index is 2.29. The molecule has 19 heavy (non-hydrogen) atoms. The second-order valence-electron chi connectivity index (χ2n) is 3.92. The van der Waals surface area contributed by atoms with E-state index in [2.05, 4.69) is 9.97 Å². The molecule has 0 fully saturated rings. The van der Waals surface area contributed by atoms with Crippen molar-refractivity contribution >= 4 is 28.6 Å². The average molecular weight is 371 g/mol. The Morgan fingerprint density at radius 3 is 2.74 bits per heavy atom. The molecular weight excluding hydrogens is 361 g/mol. The normalized spacial score (nSPS) is 10.4. The molecule has 0 amide bonds. The van der Waals surface area contributed by atoms with Crippen LogP contribution in [0.5, 0.6) is 0 Å². The van der Waals surface area contributed by atoms with E-state index in [0.29, 0.717) is 15.0 Å². The second-order valence-corrected chi connectivity index (χ2v) is 5.00. The van der Waals surface area contributed by atoms with Gasteiger partial charge in [-0.25, -0.2) is 9.78 Å². The molecule has 0 aliphatic carbocycles. The third kappa shape index (κ3) is 2.98. The van der Waals surface area contributed by atoms with Gasteiger partial charge in [-0.2, -0.15) is 0 Å². The number of hydrogen-bond donors (Lipinski definition) is 1. The molecule has 2 aromatic rings. The first-order valence-corrected chi connectivity index (χ1v) is 6.46. The van der Waals surface area contributed by atoms with Gasteiger partial charge < -0.3 is 5.11 Å². The lowest BCUT2D eigenvalue weighted by Crippen LogP contribution is -2.24. The molecule has 6 nitrogen and oxygen atoms in total. The van der Waals surface area contributed by atoms with Crippen LogP contribution in [0.15, 0.2) is 29.5 Å². The van der Waals surface area contributed by atoms with E-state index in [1.807, 2.05) is 22.6 Å². The molecule has 0 bridgehead atoms. The van der Waals surface area contributed by atoms with Crippen molar-refractivity contribution < 1.29 is 9.90 Å². The third-order valence-corrected chi connectivity index (χ3v) is 3.80. The number of carbonyl (C=O) groups is 1. The summed E-state index contributed by atoms with van der Waals surface area (Å²) in [5.41, 5.74) is 1.29. The first kappa shape index (κ1) is 13.7. The summed E-state index contributed by atoms with van der Waals surface area (Å²) in [5, 5.41) is 8.77. The molecule has 0 spiro atoms. The van der Waals surface area contributed by atoms with Crippen molar-refractivity contribution in [1.82, 2.24) is 14.5 Å². The highest BCUT2D eigenvalue weighted by molar-refractivity contribution is 14.1. The van der Waals surface area contributed by atoms with Crippen molar-refractivity contribution in [3.05, 3.63) is 55.5 Å². The monoisotopic (exact) mass is 371 g/mol. The van der Waals surface area contributed by atoms with Crippen LogP contribution in [-0.2, 0) is 6.54 Å². The van der Waals surface area contributed by atoms with Gasteiger partial charge in [0.15, 0.2) is 0 Å². The fourth-order valence-corrected chi connectivity index (χ4v) is 1.93. The molecule has 2 aromatic heterocycles. The molecule has 1 N–H and O–H groups in total. The lowest BCUT2D eigenvalue weighted by Gasteiger charge is -2.06. The Morgan fingerprint density at radius 2 is 2.16 bits per heavy atom. The predicted octanol–water partition coefficient (Wildman–Crippen LogP) is 1.30. The predicted molar refractivity (Wildman–Crippen MR) is 76.2 cm³/mol. The summed E-state index contributed by atoms with van der Waals surface area (Å²) in [5.74, 6) is -1.03. The van der Waals surface area contributed by atoms with Gasteiger partial charge in [-0.05, 0) is 41.6 Å². The van der Waals surface area contributed by atoms with Crippen LogP contribution in [0.1, 0.15) is 21.7 Å². The zero-order valence-corrected chi connectivity index (χ0v) is 12.2. The summed E-state index contributed by atoms with van der Waals surface area (Å²) >= 11 is 1.96. The minimum atomic E-state index is -1.03. The maximum atomic E-state index is 12.0. The highest BCUT2D eigenvalue weighted by Crippen LogP contribution is 2.04. The Labute approximate surface area is 122 Å². The van der Waals surface area contributed by atoms with Gasteiger partial charge in [0.05, 0.1) is 33.4 Å². The molecule has 98 valence electrons. The summed E-state index contributed by atoms with van der Waals surface area (Å²) in [6.07, 6.45) is 2.74. The number of carboxylic acid groups (broad SMARTS) is 1. The quantitative estimate of drug-likeness (QED) is 0.823. The molecule has 0 radical (unpaired) electrons. The van der Waals surface area contributed by atoms with Crippen LogP contribution >= 0.6 is 22.6 Å². The van der Waals surface area contributed by atoms with Crippen LogP contribution in [0, 0.1) is 10.5 Å². The van der Waals surface area contributed by atoms with Crippen molar-refractivity contribution in [2.24, 2.45) is 0 Å². The number of carboxylic acids is 1. The molecule has 7 heteroatoms. The van der Waals surface area contributed by atoms with Crippen LogP contribution in [0.3, 0.4) is 0 Å². The Bertz CT molecular complexity index is 680. The summed E-state index contributed by atoms with van der Waals surface area (Å²) in [6, 6.07) is 3.05. The number of aromatic nitrogens is 3. The fraction of sp³-hybridized carbons (Fsp3) is 0.167. The molecule has 0 unspecified atom stereocenters. The van der Waals surface area contributed by atoms with Crippen LogP contribution in [-0.4, -0.2) is 25.6 Å². The van der Waals surface area contributed by atoms with Gasteiger partial charge in [0.2, 0.25) is 0 Å². The highest BCUT2D eigenvalue weighted by atomic mass is 127. The molecule has 0 aliphatic heterocycles. The van der Waals surface area contributed by atoms with E-state index in [1.165, 1.54) is 23.2 Å². The zero-order valence-electron chi connectivity index (χ0n) is 10.00. The lowest BCUT2D eigenvalue weighted by molar-refractivity contribution is 0.0696. The number of rotatable bonds is 3. The molecule has 2 heterocycles. The minimum absolute atomic E-state index is 0.118. The van der Waals surface area contributed by atoms with Crippen LogP contribution < -0.4 is 5.56 Å². The number of halogens is 1. The molecule has 0 atom stereocenters. The van der Waals surface area contributed by atoms with Gasteiger partial charge in [0.1, 0.15) is 0 Å². The number of aromatic carboxylic acids is 1. The topological polar surface area (TPSA) is 85.1 Å². The fourth-order valence-electron chi connectivity index (χ4n) is 1.48. The summed E-state index contributed by atoms with van der Waals surface area (Å²) in [7, 11) is 0. The Hall–Kier alpha value is -1.77. The van der Waals surface area contributed by atoms with Gasteiger partial charge in [-0.1, -0.05) is 0 Å². The number of pyridine rings is 1. The van der Waals surface area contributed by atoms with Gasteiger partial charge in [0.25, 0.3) is 5.56 Å². The maximum Gasteiger partial charge on any atom is 0.337 e. The highest BCUT2D eigenvalue weighted by Gasteiger charge is 2.07. The van der Waals surface area contributed by atoms with E-state index >= 15 is 0 Å². The van der Waals surface area contributed by atoms with Crippen molar-refractivity contribution in [3.8, 4) is 0 Å². The smallest absolute Gasteiger partial charge is 0.337 e. The Morgan fingerprint density at radius 1 is 1.42 bits per heavy atom. The summed E-state index contributed by atoms with van der Waals surface area (Å²) < 4.78 is 2.01. The first-order valence-electron chi connectivity index (χ1n) is 5.39. The summed E-state index contributed by atoms with van der Waals surface area (Å²) in [4.78, 5) is 30.8. The first-order chi connectivity index (χ1) is 8.99. The standard InChI is InChI=1S/C12H10IN3O3/c1-7-10(13)11(17)16(6-15-7)5-9-3-2-8(4-14-9)12(18)19/h2-4,6H,5H2,1H3,(H,18,19). The van der Waals surface area contributed by atoms with Crippen molar-refractivity contribution in [2.75, 3.05) is 0 Å². The maximum absolute atomic E-state index is 12.0. The molecule has 0 saturated carbocycles. The number of aryl methyl sites for hydroxylation is 1. The zero-order chi connectivity index (χ0) is 14.0. The molecule has 0 aliphatic rings. The van der Waals surface area contributed by atoms with Gasteiger partial charge >= 0.3 is 5.97 Å². The second kappa shape index (κ2) is 5.47.